The molecule has 4 rings (SSSR count). The highest BCUT2D eigenvalue weighted by atomic mass is 16.5. The molecule has 2 N–H and O–H groups in total. The number of carbonyl (C=O) groups excluding carboxylic acids is 1. The molecule has 4 aromatic rings. The highest BCUT2D eigenvalue weighted by molar-refractivity contribution is 6.06. The fourth-order valence-corrected chi connectivity index (χ4v) is 3.62. The molecule has 10 heteroatoms. The maximum atomic E-state index is 13.9. The van der Waals surface area contributed by atoms with Gasteiger partial charge < -0.3 is 29.2 Å². The minimum atomic E-state index is -0.945. The Balaban J connectivity index is 1.71. The van der Waals surface area contributed by atoms with E-state index in [2.05, 4.69) is 20.4 Å². The first kappa shape index (κ1) is 25.6. The molecule has 0 amide bonds. The van der Waals surface area contributed by atoms with Gasteiger partial charge in [0.05, 0.1) is 44.5 Å². The number of benzene rings is 2. The lowest BCUT2D eigenvalue weighted by atomic mass is 9.98. The number of aliphatic hydroxyl groups is 1. The number of nitrogens with zero attached hydrogens (tertiary/aromatic N) is 3. The molecule has 0 saturated carbocycles. The number of aryl methyl sites for hydroxylation is 1. The zero-order valence-corrected chi connectivity index (χ0v) is 20.8. The normalized spacial score (nSPS) is 11.6. The van der Waals surface area contributed by atoms with E-state index in [0.29, 0.717) is 53.0 Å². The number of ether oxygens (including phenoxy) is 3. The van der Waals surface area contributed by atoms with Crippen LogP contribution in [0.25, 0.3) is 11.3 Å². The van der Waals surface area contributed by atoms with Gasteiger partial charge in [0.15, 0.2) is 5.78 Å². The number of nitrogens with one attached hydrogen (secondary N) is 1. The number of aromatic nitrogens is 3. The zero-order valence-electron chi connectivity index (χ0n) is 20.8. The lowest BCUT2D eigenvalue weighted by Crippen LogP contribution is -2.23. The summed E-state index contributed by atoms with van der Waals surface area (Å²) in [6.45, 7) is 2.33. The Morgan fingerprint density at radius 1 is 1.05 bits per heavy atom. The van der Waals surface area contributed by atoms with Crippen LogP contribution in [-0.2, 0) is 0 Å². The maximum Gasteiger partial charge on any atom is 0.231 e. The van der Waals surface area contributed by atoms with Crippen LogP contribution in [-0.4, -0.2) is 53.4 Å². The maximum absolute atomic E-state index is 13.9. The third kappa shape index (κ3) is 6.22. The first-order valence-corrected chi connectivity index (χ1v) is 11.6. The average Bonchev–Trinajstić information content (AvgIpc) is 3.42. The number of anilines is 1. The van der Waals surface area contributed by atoms with E-state index in [1.807, 2.05) is 31.2 Å². The van der Waals surface area contributed by atoms with Crippen LogP contribution >= 0.6 is 0 Å². The molecule has 37 heavy (non-hydrogen) atoms. The van der Waals surface area contributed by atoms with E-state index in [1.54, 1.807) is 25.3 Å². The second-order valence-corrected chi connectivity index (χ2v) is 8.19. The number of hydrogen-bond acceptors (Lipinski definition) is 10. The second-order valence-electron chi connectivity index (χ2n) is 8.19. The predicted molar refractivity (Wildman–Crippen MR) is 136 cm³/mol. The molecule has 2 aromatic carbocycles. The molecular formula is C27H28N4O6. The van der Waals surface area contributed by atoms with Crippen molar-refractivity contribution in [1.82, 2.24) is 15.1 Å². The van der Waals surface area contributed by atoms with Crippen molar-refractivity contribution < 1.29 is 28.6 Å². The lowest BCUT2D eigenvalue weighted by molar-refractivity contribution is 0.0967. The van der Waals surface area contributed by atoms with Gasteiger partial charge in [0.2, 0.25) is 5.88 Å². The summed E-state index contributed by atoms with van der Waals surface area (Å²) in [6.07, 6.45) is 4.74. The van der Waals surface area contributed by atoms with Gasteiger partial charge in [0, 0.05) is 42.5 Å². The number of Topliss-reactive ketones (excluding diaryl/α,β-unsaturated/α-hetero) is 1. The van der Waals surface area contributed by atoms with E-state index in [4.69, 9.17) is 23.8 Å². The molecule has 0 aliphatic carbocycles. The third-order valence-electron chi connectivity index (χ3n) is 5.57. The fourth-order valence-electron chi connectivity index (χ4n) is 3.62. The largest absolute Gasteiger partial charge is 0.497 e. The van der Waals surface area contributed by atoms with Gasteiger partial charge in [0.25, 0.3) is 0 Å². The van der Waals surface area contributed by atoms with Gasteiger partial charge >= 0.3 is 0 Å². The molecule has 0 spiro atoms. The summed E-state index contributed by atoms with van der Waals surface area (Å²) in [7, 11) is 3.03. The third-order valence-corrected chi connectivity index (χ3v) is 5.57. The van der Waals surface area contributed by atoms with E-state index in [9.17, 15) is 4.79 Å². The van der Waals surface area contributed by atoms with Crippen molar-refractivity contribution >= 4 is 11.5 Å². The van der Waals surface area contributed by atoms with Crippen LogP contribution in [0, 0.1) is 6.92 Å². The van der Waals surface area contributed by atoms with Crippen molar-refractivity contribution in [1.29, 1.82) is 0 Å². The number of hydrogen-bond donors (Lipinski definition) is 2. The van der Waals surface area contributed by atoms with E-state index < -0.39 is 6.04 Å². The Kier molecular flexibility index (Phi) is 8.32. The van der Waals surface area contributed by atoms with Crippen LogP contribution in [0.15, 0.2) is 65.6 Å². The molecule has 0 fully saturated rings. The minimum Gasteiger partial charge on any atom is -0.497 e. The topological polar surface area (TPSA) is 129 Å². The van der Waals surface area contributed by atoms with Crippen molar-refractivity contribution in [2.75, 3.05) is 32.8 Å². The SMILES string of the molecule is COc1cc(NC(C(=O)c2conc2-c2ccc(C)cc2)c2cnc(OC)cn2)cc(OCCCO)c1. The molecular weight excluding hydrogens is 476 g/mol. The summed E-state index contributed by atoms with van der Waals surface area (Å²) in [5.74, 6) is 1.05. The number of methoxy groups -OCH3 is 2. The molecule has 192 valence electrons. The Morgan fingerprint density at radius 2 is 1.84 bits per heavy atom. The van der Waals surface area contributed by atoms with Crippen LogP contribution in [0.4, 0.5) is 5.69 Å². The van der Waals surface area contributed by atoms with Gasteiger partial charge in [-0.2, -0.15) is 0 Å². The van der Waals surface area contributed by atoms with E-state index in [-0.39, 0.29) is 12.4 Å². The van der Waals surface area contributed by atoms with Gasteiger partial charge in [-0.25, -0.2) is 4.98 Å². The van der Waals surface area contributed by atoms with E-state index in [1.165, 1.54) is 25.8 Å². The molecule has 2 heterocycles. The predicted octanol–water partition coefficient (Wildman–Crippen LogP) is 4.25. The van der Waals surface area contributed by atoms with Crippen LogP contribution in [0.2, 0.25) is 0 Å². The van der Waals surface area contributed by atoms with Crippen molar-refractivity contribution in [2.45, 2.75) is 19.4 Å². The molecule has 0 radical (unpaired) electrons. The molecule has 10 nitrogen and oxygen atoms in total. The minimum absolute atomic E-state index is 0.0177. The molecule has 1 unspecified atom stereocenters. The van der Waals surface area contributed by atoms with Crippen molar-refractivity contribution in [3.8, 4) is 28.6 Å². The van der Waals surface area contributed by atoms with Gasteiger partial charge in [-0.15, -0.1) is 0 Å². The van der Waals surface area contributed by atoms with E-state index >= 15 is 0 Å². The van der Waals surface area contributed by atoms with Crippen molar-refractivity contribution in [3.05, 3.63) is 77.9 Å². The standard InChI is InChI=1S/C27H28N4O6/c1-17-5-7-18(8-6-17)25-22(16-37-31-25)27(33)26(23-14-29-24(35-3)15-28-23)30-19-11-20(34-2)13-21(12-19)36-10-4-9-32/h5-8,11-16,26,30,32H,4,9-10H2,1-3H3. The van der Waals surface area contributed by atoms with E-state index in [0.717, 1.165) is 11.1 Å². The zero-order chi connectivity index (χ0) is 26.2. The Hall–Kier alpha value is -4.44. The summed E-state index contributed by atoms with van der Waals surface area (Å²) >= 11 is 0. The first-order chi connectivity index (χ1) is 18.0. The Morgan fingerprint density at radius 3 is 2.51 bits per heavy atom. The summed E-state index contributed by atoms with van der Waals surface area (Å²) in [5, 5.41) is 16.4. The summed E-state index contributed by atoms with van der Waals surface area (Å²) in [4.78, 5) is 22.6. The quantitative estimate of drug-likeness (QED) is 0.213. The molecule has 0 aliphatic heterocycles. The lowest BCUT2D eigenvalue weighted by Gasteiger charge is -2.19. The summed E-state index contributed by atoms with van der Waals surface area (Å²) in [6, 6.07) is 11.9. The first-order valence-electron chi connectivity index (χ1n) is 11.6. The van der Waals surface area contributed by atoms with Gasteiger partial charge in [-0.1, -0.05) is 35.0 Å². The average molecular weight is 505 g/mol. The Labute approximate surface area is 214 Å². The summed E-state index contributed by atoms with van der Waals surface area (Å²) < 4.78 is 21.5. The Bertz CT molecular complexity index is 1320. The van der Waals surface area contributed by atoms with Crippen LogP contribution < -0.4 is 19.5 Å². The fraction of sp³-hybridized carbons (Fsp3) is 0.259. The number of rotatable bonds is 12. The van der Waals surface area contributed by atoms with Crippen molar-refractivity contribution in [2.24, 2.45) is 0 Å². The van der Waals surface area contributed by atoms with Gasteiger partial charge in [-0.3, -0.25) is 9.78 Å². The molecule has 0 aliphatic rings. The van der Waals surface area contributed by atoms with Crippen LogP contribution in [0.1, 0.15) is 34.1 Å². The summed E-state index contributed by atoms with van der Waals surface area (Å²) in [5.41, 5.74) is 3.49. The second kappa shape index (κ2) is 12.0. The van der Waals surface area contributed by atoms with Crippen LogP contribution in [0.5, 0.6) is 17.4 Å². The molecule has 0 saturated heterocycles. The van der Waals surface area contributed by atoms with Crippen molar-refractivity contribution in [3.63, 3.8) is 0 Å². The highest BCUT2D eigenvalue weighted by Gasteiger charge is 2.29. The number of aliphatic hydroxyl groups excluding tert-OH is 1. The number of ketones is 1. The molecule has 1 atom stereocenters. The molecule has 0 bridgehead atoms. The highest BCUT2D eigenvalue weighted by Crippen LogP contribution is 2.32. The van der Waals surface area contributed by atoms with Gasteiger partial charge in [-0.05, 0) is 6.92 Å². The number of carbonyl (C=O) groups is 1. The molecule has 2 aromatic heterocycles. The monoisotopic (exact) mass is 504 g/mol. The van der Waals surface area contributed by atoms with Gasteiger partial charge in [0.1, 0.15) is 29.5 Å². The smallest absolute Gasteiger partial charge is 0.231 e. The van der Waals surface area contributed by atoms with Crippen LogP contribution in [0.3, 0.4) is 0 Å².